The molecular weight excluding hydrogens is 933 g/mol. The first kappa shape index (κ1) is 59.9. The van der Waals surface area contributed by atoms with E-state index >= 15 is 0 Å². The maximum absolute atomic E-state index is 11.9. The number of aromatic nitrogens is 3. The van der Waals surface area contributed by atoms with Crippen molar-refractivity contribution in [2.45, 2.75) is 86.6 Å². The molecule has 3 heterocycles. The first-order valence-corrected chi connectivity index (χ1v) is 19.8. The molecule has 3 aromatic heterocycles. The van der Waals surface area contributed by atoms with Crippen LogP contribution in [0, 0.1) is 0 Å². The quantitative estimate of drug-likeness (QED) is 0.0404. The second kappa shape index (κ2) is 28.7. The minimum absolute atomic E-state index is 0. The van der Waals surface area contributed by atoms with E-state index in [1.54, 1.807) is 34.6 Å². The van der Waals surface area contributed by atoms with Gasteiger partial charge in [0.2, 0.25) is 0 Å². The molecule has 0 atom stereocenters. The van der Waals surface area contributed by atoms with E-state index < -0.39 is 11.6 Å². The topological polar surface area (TPSA) is 216 Å². The molecule has 0 spiro atoms. The molecule has 18 heteroatoms. The predicted octanol–water partition coefficient (Wildman–Crippen LogP) is 1.76. The number of alkyl halides is 1. The van der Waals surface area contributed by atoms with E-state index in [1.807, 2.05) is 114 Å². The zero-order valence-electron chi connectivity index (χ0n) is 38.6. The van der Waals surface area contributed by atoms with Crippen molar-refractivity contribution >= 4 is 90.4 Å². The molecule has 0 saturated carbocycles. The van der Waals surface area contributed by atoms with Gasteiger partial charge in [-0.3, -0.25) is 33.6 Å². The van der Waals surface area contributed by atoms with Gasteiger partial charge in [0.15, 0.2) is 17.3 Å². The van der Waals surface area contributed by atoms with Crippen LogP contribution in [0.2, 0.25) is 0 Å². The van der Waals surface area contributed by atoms with E-state index in [2.05, 4.69) is 25.8 Å². The number of H-pyrrole nitrogens is 1. The number of aromatic amines is 1. The molecule has 0 amide bonds. The van der Waals surface area contributed by atoms with E-state index in [1.165, 1.54) is 13.8 Å². The minimum atomic E-state index is -0.921. The maximum atomic E-state index is 11.9. The van der Waals surface area contributed by atoms with Gasteiger partial charge in [-0.1, -0.05) is 70.5 Å². The molecule has 0 radical (unpaired) electrons. The van der Waals surface area contributed by atoms with Gasteiger partial charge >= 0.3 is 121 Å². The molecule has 0 saturated heterocycles. The van der Waals surface area contributed by atoms with Gasteiger partial charge < -0.3 is 40.3 Å². The third-order valence-electron chi connectivity index (χ3n) is 7.90. The van der Waals surface area contributed by atoms with Crippen molar-refractivity contribution in [3.05, 3.63) is 108 Å². The number of esters is 2. The van der Waals surface area contributed by atoms with Crippen LogP contribution in [0.3, 0.4) is 0 Å². The van der Waals surface area contributed by atoms with Crippen LogP contribution in [0.15, 0.2) is 91.4 Å². The number of para-hydroxylation sites is 3. The smallest absolute Gasteiger partial charge is 1.00 e. The fourth-order valence-corrected chi connectivity index (χ4v) is 5.82. The Morgan fingerprint density at radius 2 is 1.05 bits per heavy atom. The van der Waals surface area contributed by atoms with Crippen molar-refractivity contribution in [2.75, 3.05) is 5.33 Å². The average Bonchev–Trinajstić information content (AvgIpc) is 3.88. The number of nitrogens with zero attached hydrogens (tertiary/aromatic N) is 2. The van der Waals surface area contributed by atoms with Crippen LogP contribution in [0.1, 0.15) is 94.8 Å². The number of ketones is 3. The zero-order chi connectivity index (χ0) is 46.1. The number of rotatable bonds is 9. The molecule has 0 fully saturated rings. The summed E-state index contributed by atoms with van der Waals surface area (Å²) < 4.78 is 13.6. The minimum Gasteiger partial charge on any atom is -1.00 e. The SMILES string of the molecule is CC(=O)c1c[nH]c2ccccc12.CC(=O)c1cn(CC(=O)O)c2ccccc12.CC(=O)c1cn(CC(=O)OC(C)(C)C)c2ccccc12.CC(C)(C)OC(=O)CBr.O=CO[O-].[H-].[K+].[K+]. The van der Waals surface area contributed by atoms with Crippen LogP contribution in [0.25, 0.3) is 32.7 Å². The van der Waals surface area contributed by atoms with Gasteiger partial charge in [0.05, 0.1) is 0 Å². The summed E-state index contributed by atoms with van der Waals surface area (Å²) in [5, 5.41) is 20.1. The van der Waals surface area contributed by atoms with Gasteiger partial charge in [0.25, 0.3) is 6.47 Å². The number of carboxylic acids is 1. The van der Waals surface area contributed by atoms with Gasteiger partial charge in [-0.2, -0.15) is 0 Å². The Labute approximate surface area is 461 Å². The largest absolute Gasteiger partial charge is 1.00 e. The summed E-state index contributed by atoms with van der Waals surface area (Å²) in [6.07, 6.45) is 5.07. The third kappa shape index (κ3) is 20.7. The second-order valence-corrected chi connectivity index (χ2v) is 15.7. The summed E-state index contributed by atoms with van der Waals surface area (Å²) >= 11 is 2.99. The number of halogens is 1. The number of aliphatic carboxylic acids is 1. The van der Waals surface area contributed by atoms with Crippen molar-refractivity contribution < 1.29 is 162 Å². The normalized spacial score (nSPS) is 10.3. The van der Waals surface area contributed by atoms with E-state index in [-0.39, 0.29) is 164 Å². The summed E-state index contributed by atoms with van der Waals surface area (Å²) in [6.45, 7) is 15.4. The molecular formula is C45H52BrK2N3O12. The van der Waals surface area contributed by atoms with Crippen molar-refractivity contribution in [3.63, 3.8) is 0 Å². The van der Waals surface area contributed by atoms with Crippen molar-refractivity contribution in [1.82, 2.24) is 14.1 Å². The predicted molar refractivity (Wildman–Crippen MR) is 234 cm³/mol. The monoisotopic (exact) mass is 983 g/mol. The Morgan fingerprint density at radius 1 is 0.667 bits per heavy atom. The number of hydrogen-bond donors (Lipinski definition) is 2. The molecule has 0 aliphatic heterocycles. The standard InChI is InChI=1S/C16H19NO3.C12H11NO3.C10H9NO.C6H11BrO2.CH2O3.2K.H/c1-11(18)13-9-17(10-15(19)20-16(2,3)4)14-8-6-5-7-12(13)14;1-8(14)10-6-13(7-12(15)16)11-5-3-2-4-9(10)11;1-7(12)9-6-11-10-5-3-2-4-8(9)10;1-6(2,3)9-5(8)4-7;2-1-4-3;;;/h5-9H,10H2,1-4H3;2-6H,7H2,1H3,(H,15,16);2-6,11H,1H3;4H2,1-3H3;1,3H;;;/q;;;;;2*+1;-1/p-1. The molecule has 6 rings (SSSR count). The molecule has 15 nitrogen and oxygen atoms in total. The van der Waals surface area contributed by atoms with Crippen LogP contribution in [-0.2, 0) is 46.6 Å². The number of hydrogen-bond acceptors (Lipinski definition) is 11. The van der Waals surface area contributed by atoms with Gasteiger partial charge in [0, 0.05) is 68.0 Å². The fourth-order valence-electron chi connectivity index (χ4n) is 5.71. The summed E-state index contributed by atoms with van der Waals surface area (Å²) in [5.74, 6) is -1.41. The Bertz CT molecular complexity index is 2480. The van der Waals surface area contributed by atoms with Crippen molar-refractivity contribution in [2.24, 2.45) is 0 Å². The van der Waals surface area contributed by atoms with Crippen LogP contribution >= 0.6 is 15.9 Å². The molecule has 0 aliphatic carbocycles. The van der Waals surface area contributed by atoms with Crippen LogP contribution in [-0.4, -0.2) is 77.5 Å². The summed E-state index contributed by atoms with van der Waals surface area (Å²) in [5.41, 5.74) is 3.75. The number of benzene rings is 3. The molecule has 3 aromatic carbocycles. The second-order valence-electron chi connectivity index (χ2n) is 15.2. The molecule has 2 N–H and O–H groups in total. The van der Waals surface area contributed by atoms with E-state index in [4.69, 9.17) is 24.6 Å². The summed E-state index contributed by atoms with van der Waals surface area (Å²) in [4.78, 5) is 81.6. The van der Waals surface area contributed by atoms with Gasteiger partial charge in [-0.15, -0.1) is 0 Å². The molecule has 0 unspecified atom stereocenters. The number of nitrogens with one attached hydrogen (secondary N) is 1. The first-order chi connectivity index (χ1) is 28.5. The van der Waals surface area contributed by atoms with Gasteiger partial charge in [-0.25, -0.2) is 0 Å². The number of ether oxygens (including phenoxy) is 2. The Kier molecular flexibility index (Phi) is 27.3. The number of fused-ring (bicyclic) bond motifs is 3. The molecule has 328 valence electrons. The summed E-state index contributed by atoms with van der Waals surface area (Å²) in [6, 6.07) is 22.6. The van der Waals surface area contributed by atoms with Crippen LogP contribution in [0.5, 0.6) is 0 Å². The van der Waals surface area contributed by atoms with Gasteiger partial charge in [-0.05, 0) is 80.5 Å². The first-order valence-electron chi connectivity index (χ1n) is 18.7. The Balaban J connectivity index is 0. The van der Waals surface area contributed by atoms with Gasteiger partial charge in [0.1, 0.15) is 29.6 Å². The van der Waals surface area contributed by atoms with E-state index in [0.717, 1.165) is 38.3 Å². The van der Waals surface area contributed by atoms with Crippen molar-refractivity contribution in [3.8, 4) is 0 Å². The zero-order valence-corrected chi connectivity index (χ0v) is 45.4. The van der Waals surface area contributed by atoms with E-state index in [0.29, 0.717) is 11.1 Å². The number of Topliss-reactive ketones (excluding diaryl/α,β-unsaturated/α-hetero) is 3. The van der Waals surface area contributed by atoms with Crippen molar-refractivity contribution in [1.29, 1.82) is 0 Å². The number of carboxylic acid groups (broad SMARTS) is 1. The number of carbonyl (C=O) groups excluding carboxylic acids is 6. The molecule has 6 aromatic rings. The maximum Gasteiger partial charge on any atom is 1.00 e. The van der Waals surface area contributed by atoms with E-state index in [9.17, 15) is 28.8 Å². The fraction of sp³-hybridized carbons (Fsp3) is 0.311. The third-order valence-corrected chi connectivity index (χ3v) is 8.36. The molecule has 0 aliphatic rings. The Morgan fingerprint density at radius 3 is 1.41 bits per heavy atom. The summed E-state index contributed by atoms with van der Waals surface area (Å²) in [7, 11) is 0. The van der Waals surface area contributed by atoms with Crippen LogP contribution < -0.4 is 108 Å². The molecule has 0 bridgehead atoms. The average molecular weight is 985 g/mol. The Hall–Kier alpha value is -3.12. The molecule has 63 heavy (non-hydrogen) atoms. The van der Waals surface area contributed by atoms with Crippen LogP contribution in [0.4, 0.5) is 0 Å². The number of carbonyl (C=O) groups is 7.